The second-order valence-electron chi connectivity index (χ2n) is 7.27. The summed E-state index contributed by atoms with van der Waals surface area (Å²) < 4.78 is 80.6. The van der Waals surface area contributed by atoms with Crippen molar-refractivity contribution in [3.63, 3.8) is 0 Å². The maximum absolute atomic E-state index is 13.2. The first-order valence-electron chi connectivity index (χ1n) is 9.45. The fraction of sp³-hybridized carbons (Fsp3) is 0.238. The Hall–Kier alpha value is -2.43. The van der Waals surface area contributed by atoms with Gasteiger partial charge in [-0.1, -0.05) is 41.4 Å². The number of nitrogens with zero attached hydrogens (tertiary/aromatic N) is 3. The summed E-state index contributed by atoms with van der Waals surface area (Å²) in [4.78, 5) is 18.4. The van der Waals surface area contributed by atoms with Crippen LogP contribution in [0, 0.1) is 0 Å². The molecule has 0 unspecified atom stereocenters. The number of carbonyl (C=O) groups is 1. The average molecular weight is 545 g/mol. The molecule has 0 radical (unpaired) electrons. The van der Waals surface area contributed by atoms with Crippen LogP contribution in [0.15, 0.2) is 42.6 Å². The Bertz CT molecular complexity index is 1240. The maximum Gasteiger partial charge on any atom is 0.417 e. The summed E-state index contributed by atoms with van der Waals surface area (Å²) in [6.07, 6.45) is -8.00. The Morgan fingerprint density at radius 3 is 2.09 bits per heavy atom. The highest BCUT2D eigenvalue weighted by Crippen LogP contribution is 2.40. The van der Waals surface area contributed by atoms with E-state index < -0.39 is 39.4 Å². The predicted octanol–water partition coefficient (Wildman–Crippen LogP) is 6.97. The van der Waals surface area contributed by atoms with Gasteiger partial charge in [-0.3, -0.25) is 4.79 Å². The molecule has 1 aromatic heterocycles. The highest BCUT2D eigenvalue weighted by atomic mass is 35.5. The standard InChI is InChI=1S/C21H13Cl2F6N3O.ClH/c22-17-11(3-1-5-13(17)20(24,25)26)15-9-30-16-10-31(7-8-32(15)16)19(33)12-4-2-6-14(18(12)23)21(27,28)29;/h1-6,9H,7-8,10H2;1H. The molecule has 0 aliphatic carbocycles. The topological polar surface area (TPSA) is 38.1 Å². The molecule has 1 aliphatic heterocycles. The van der Waals surface area contributed by atoms with E-state index >= 15 is 0 Å². The Kier molecular flexibility index (Phi) is 7.17. The Labute approximate surface area is 205 Å². The van der Waals surface area contributed by atoms with Crippen LogP contribution in [0.3, 0.4) is 0 Å². The minimum Gasteiger partial charge on any atom is -0.329 e. The summed E-state index contributed by atoms with van der Waals surface area (Å²) in [6, 6.07) is 6.63. The van der Waals surface area contributed by atoms with E-state index in [1.807, 2.05) is 0 Å². The molecule has 4 nitrogen and oxygen atoms in total. The molecular weight excluding hydrogens is 531 g/mol. The van der Waals surface area contributed by atoms with Crippen molar-refractivity contribution in [1.29, 1.82) is 0 Å². The lowest BCUT2D eigenvalue weighted by atomic mass is 10.1. The number of hydrogen-bond donors (Lipinski definition) is 0. The van der Waals surface area contributed by atoms with E-state index in [4.69, 9.17) is 23.2 Å². The molecule has 0 bridgehead atoms. The molecule has 0 saturated carbocycles. The number of halogens is 9. The molecule has 182 valence electrons. The van der Waals surface area contributed by atoms with Gasteiger partial charge in [-0.15, -0.1) is 12.4 Å². The summed E-state index contributed by atoms with van der Waals surface area (Å²) >= 11 is 11.9. The number of amides is 1. The number of carbonyl (C=O) groups excluding carboxylic acids is 1. The van der Waals surface area contributed by atoms with Gasteiger partial charge in [-0.25, -0.2) is 4.98 Å². The van der Waals surface area contributed by atoms with Crippen molar-refractivity contribution in [3.05, 3.63) is 75.2 Å². The Balaban J connectivity index is 0.00000324. The second kappa shape index (κ2) is 9.31. The number of benzene rings is 2. The summed E-state index contributed by atoms with van der Waals surface area (Å²) in [6.45, 7) is 0.167. The normalized spacial score (nSPS) is 13.9. The van der Waals surface area contributed by atoms with Crippen molar-refractivity contribution in [1.82, 2.24) is 14.5 Å². The molecule has 2 heterocycles. The third-order valence-electron chi connectivity index (χ3n) is 5.27. The van der Waals surface area contributed by atoms with Gasteiger partial charge < -0.3 is 9.47 Å². The van der Waals surface area contributed by atoms with E-state index in [-0.39, 0.29) is 43.2 Å². The van der Waals surface area contributed by atoms with Crippen LogP contribution in [0.1, 0.15) is 27.3 Å². The SMILES string of the molecule is Cl.O=C(c1cccc(C(F)(F)F)c1Cl)N1CCn2c(-c3cccc(C(F)(F)F)c3Cl)cnc2C1. The Morgan fingerprint density at radius 2 is 1.47 bits per heavy atom. The van der Waals surface area contributed by atoms with Crippen LogP contribution in [0.25, 0.3) is 11.3 Å². The van der Waals surface area contributed by atoms with Gasteiger partial charge in [0.2, 0.25) is 0 Å². The molecule has 0 saturated heterocycles. The Morgan fingerprint density at radius 1 is 0.882 bits per heavy atom. The van der Waals surface area contributed by atoms with Crippen molar-refractivity contribution in [2.24, 2.45) is 0 Å². The summed E-state index contributed by atoms with van der Waals surface area (Å²) in [7, 11) is 0. The van der Waals surface area contributed by atoms with E-state index in [1.165, 1.54) is 29.3 Å². The van der Waals surface area contributed by atoms with Gasteiger partial charge in [0.15, 0.2) is 0 Å². The summed E-state index contributed by atoms with van der Waals surface area (Å²) in [5.74, 6) is -0.361. The van der Waals surface area contributed by atoms with Crippen LogP contribution in [0.4, 0.5) is 26.3 Å². The smallest absolute Gasteiger partial charge is 0.329 e. The zero-order valence-corrected chi connectivity index (χ0v) is 19.2. The molecule has 1 aliphatic rings. The minimum atomic E-state index is -4.72. The van der Waals surface area contributed by atoms with Gasteiger partial charge in [0, 0.05) is 18.7 Å². The second-order valence-corrected chi connectivity index (χ2v) is 8.02. The highest BCUT2D eigenvalue weighted by Gasteiger charge is 2.37. The van der Waals surface area contributed by atoms with E-state index in [9.17, 15) is 31.1 Å². The molecule has 3 aromatic rings. The number of fused-ring (bicyclic) bond motifs is 1. The van der Waals surface area contributed by atoms with Crippen LogP contribution < -0.4 is 0 Å². The van der Waals surface area contributed by atoms with Crippen molar-refractivity contribution in [2.45, 2.75) is 25.4 Å². The fourth-order valence-corrected chi connectivity index (χ4v) is 4.33. The quantitative estimate of drug-likeness (QED) is 0.327. The highest BCUT2D eigenvalue weighted by molar-refractivity contribution is 6.35. The largest absolute Gasteiger partial charge is 0.417 e. The molecule has 0 N–H and O–H groups in total. The average Bonchev–Trinajstić information content (AvgIpc) is 3.15. The number of aromatic nitrogens is 2. The first kappa shape index (κ1) is 26.2. The number of alkyl halides is 6. The van der Waals surface area contributed by atoms with Gasteiger partial charge in [0.1, 0.15) is 5.82 Å². The first-order valence-corrected chi connectivity index (χ1v) is 10.2. The van der Waals surface area contributed by atoms with Crippen LogP contribution in [-0.2, 0) is 25.4 Å². The molecule has 13 heteroatoms. The van der Waals surface area contributed by atoms with Gasteiger partial charge in [0.25, 0.3) is 5.91 Å². The maximum atomic E-state index is 13.2. The fourth-order valence-electron chi connectivity index (χ4n) is 3.68. The van der Waals surface area contributed by atoms with E-state index in [1.54, 1.807) is 4.57 Å². The van der Waals surface area contributed by atoms with Crippen molar-refractivity contribution in [3.8, 4) is 11.3 Å². The number of hydrogen-bond acceptors (Lipinski definition) is 2. The van der Waals surface area contributed by atoms with Crippen molar-refractivity contribution < 1.29 is 31.1 Å². The third kappa shape index (κ3) is 4.71. The lowest BCUT2D eigenvalue weighted by Gasteiger charge is -2.29. The zero-order valence-electron chi connectivity index (χ0n) is 16.8. The van der Waals surface area contributed by atoms with Crippen molar-refractivity contribution in [2.75, 3.05) is 6.54 Å². The van der Waals surface area contributed by atoms with Crippen LogP contribution in [-0.4, -0.2) is 26.9 Å². The van der Waals surface area contributed by atoms with Crippen LogP contribution in [0.2, 0.25) is 10.0 Å². The molecule has 4 rings (SSSR count). The van der Waals surface area contributed by atoms with Gasteiger partial charge >= 0.3 is 12.4 Å². The monoisotopic (exact) mass is 543 g/mol. The molecule has 34 heavy (non-hydrogen) atoms. The van der Waals surface area contributed by atoms with Gasteiger partial charge in [-0.05, 0) is 18.2 Å². The molecule has 1 amide bonds. The first-order chi connectivity index (χ1) is 15.4. The van der Waals surface area contributed by atoms with E-state index in [0.29, 0.717) is 11.5 Å². The van der Waals surface area contributed by atoms with E-state index in [2.05, 4.69) is 4.98 Å². The third-order valence-corrected chi connectivity index (χ3v) is 6.08. The van der Waals surface area contributed by atoms with Crippen LogP contribution in [0.5, 0.6) is 0 Å². The van der Waals surface area contributed by atoms with Gasteiger partial charge in [-0.2, -0.15) is 26.3 Å². The number of imidazole rings is 1. The molecule has 0 fully saturated rings. The zero-order chi connectivity index (χ0) is 24.1. The number of rotatable bonds is 2. The molecule has 0 atom stereocenters. The summed E-state index contributed by atoms with van der Waals surface area (Å²) in [5, 5.41) is -1.16. The molecular formula is C21H14Cl3F6N3O. The predicted molar refractivity (Wildman–Crippen MR) is 116 cm³/mol. The van der Waals surface area contributed by atoms with E-state index in [0.717, 1.165) is 18.2 Å². The summed E-state index contributed by atoms with van der Waals surface area (Å²) in [5.41, 5.74) is -1.93. The molecule has 2 aromatic carbocycles. The van der Waals surface area contributed by atoms with Crippen molar-refractivity contribution >= 4 is 41.5 Å². The minimum absolute atomic E-state index is 0. The van der Waals surface area contributed by atoms with Gasteiger partial charge in [0.05, 0.1) is 45.2 Å². The van der Waals surface area contributed by atoms with Crippen LogP contribution >= 0.6 is 35.6 Å². The lowest BCUT2D eigenvalue weighted by molar-refractivity contribution is -0.138. The molecule has 0 spiro atoms. The lowest BCUT2D eigenvalue weighted by Crippen LogP contribution is -2.38.